The van der Waals surface area contributed by atoms with Crippen LogP contribution in [0.15, 0.2) is 59.7 Å². The summed E-state index contributed by atoms with van der Waals surface area (Å²) in [7, 11) is 1.55. The molecule has 6 rings (SSSR count). The van der Waals surface area contributed by atoms with Gasteiger partial charge in [0.2, 0.25) is 18.6 Å². The van der Waals surface area contributed by atoms with E-state index in [-0.39, 0.29) is 18.5 Å². The molecule has 0 radical (unpaired) electrons. The summed E-state index contributed by atoms with van der Waals surface area (Å²) >= 11 is 0. The van der Waals surface area contributed by atoms with Gasteiger partial charge in [0.15, 0.2) is 17.3 Å². The lowest BCUT2D eigenvalue weighted by atomic mass is 9.86. The molecule has 2 amide bonds. The summed E-state index contributed by atoms with van der Waals surface area (Å²) in [5.41, 5.74) is 0.820. The molecule has 2 aromatic rings. The van der Waals surface area contributed by atoms with Crippen molar-refractivity contribution in [1.29, 1.82) is 0 Å². The highest BCUT2D eigenvalue weighted by Gasteiger charge is 2.64. The topological polar surface area (TPSA) is 97.7 Å². The Kier molecular flexibility index (Phi) is 4.26. The maximum Gasteiger partial charge on any atom is 0.240 e. The third kappa shape index (κ3) is 2.78. The Labute approximate surface area is 188 Å². The van der Waals surface area contributed by atoms with Gasteiger partial charge >= 0.3 is 0 Å². The van der Waals surface area contributed by atoms with Crippen LogP contribution in [0.3, 0.4) is 0 Å². The summed E-state index contributed by atoms with van der Waals surface area (Å²) in [5.74, 6) is -0.975. The van der Waals surface area contributed by atoms with Gasteiger partial charge in [0.25, 0.3) is 0 Å². The molecule has 0 aromatic heterocycles. The number of carbonyl (C=O) groups excluding carboxylic acids is 3. The van der Waals surface area contributed by atoms with E-state index in [2.05, 4.69) is 5.10 Å². The Morgan fingerprint density at radius 2 is 1.79 bits per heavy atom. The molecule has 0 aliphatic carbocycles. The van der Waals surface area contributed by atoms with E-state index in [9.17, 15) is 14.4 Å². The van der Waals surface area contributed by atoms with Crippen molar-refractivity contribution in [2.45, 2.75) is 12.1 Å². The Morgan fingerprint density at radius 3 is 2.58 bits per heavy atom. The average Bonchev–Trinajstić information content (AvgIpc) is 3.51. The SMILES string of the molecule is COc1ccc(C(=O)[C@H]2[C@H]3C(=O)N(c4ccc5c(c4)OCO5)C(=O)[C@H]3[C@@H]3C=CC=NN32)cc1. The highest BCUT2D eigenvalue weighted by atomic mass is 16.7. The predicted molar refractivity (Wildman–Crippen MR) is 116 cm³/mol. The van der Waals surface area contributed by atoms with Crippen LogP contribution in [0.4, 0.5) is 5.69 Å². The number of fused-ring (bicyclic) bond motifs is 4. The van der Waals surface area contributed by atoms with Crippen LogP contribution in [0.2, 0.25) is 0 Å². The number of hydrazone groups is 1. The molecule has 166 valence electrons. The van der Waals surface area contributed by atoms with E-state index in [0.717, 1.165) is 4.90 Å². The molecule has 4 atom stereocenters. The lowest BCUT2D eigenvalue weighted by Crippen LogP contribution is -2.46. The van der Waals surface area contributed by atoms with E-state index in [4.69, 9.17) is 14.2 Å². The molecular weight excluding hydrogens is 426 g/mol. The monoisotopic (exact) mass is 445 g/mol. The van der Waals surface area contributed by atoms with Gasteiger partial charge in [-0.1, -0.05) is 6.08 Å². The zero-order chi connectivity index (χ0) is 22.7. The first-order chi connectivity index (χ1) is 16.1. The van der Waals surface area contributed by atoms with Crippen molar-refractivity contribution in [2.75, 3.05) is 18.8 Å². The van der Waals surface area contributed by atoms with Crippen LogP contribution in [0.5, 0.6) is 17.2 Å². The number of rotatable bonds is 4. The quantitative estimate of drug-likeness (QED) is 0.525. The zero-order valence-electron chi connectivity index (χ0n) is 17.6. The Morgan fingerprint density at radius 1 is 1.03 bits per heavy atom. The number of nitrogens with zero attached hydrogens (tertiary/aromatic N) is 3. The second-order valence-corrected chi connectivity index (χ2v) is 8.16. The van der Waals surface area contributed by atoms with Gasteiger partial charge in [-0.05, 0) is 42.5 Å². The Hall–Kier alpha value is -4.14. The summed E-state index contributed by atoms with van der Waals surface area (Å²) in [6.07, 6.45) is 5.12. The van der Waals surface area contributed by atoms with Gasteiger partial charge in [0.1, 0.15) is 11.8 Å². The minimum absolute atomic E-state index is 0.0875. The molecule has 0 spiro atoms. The smallest absolute Gasteiger partial charge is 0.240 e. The van der Waals surface area contributed by atoms with E-state index in [0.29, 0.717) is 28.5 Å². The minimum Gasteiger partial charge on any atom is -0.497 e. The minimum atomic E-state index is -0.898. The Bertz CT molecular complexity index is 1240. The fraction of sp³-hybridized carbons (Fsp3) is 0.250. The van der Waals surface area contributed by atoms with E-state index < -0.39 is 29.8 Å². The molecule has 0 unspecified atom stereocenters. The van der Waals surface area contributed by atoms with E-state index in [1.807, 2.05) is 6.08 Å². The van der Waals surface area contributed by atoms with Gasteiger partial charge in [-0.2, -0.15) is 5.10 Å². The molecular formula is C24H19N3O6. The molecule has 2 saturated heterocycles. The third-order valence-electron chi connectivity index (χ3n) is 6.55. The fourth-order valence-electron chi connectivity index (χ4n) is 5.04. The number of amides is 2. The van der Waals surface area contributed by atoms with Crippen LogP contribution in [0, 0.1) is 11.8 Å². The van der Waals surface area contributed by atoms with Crippen molar-refractivity contribution in [3.05, 3.63) is 60.2 Å². The molecule has 2 aromatic carbocycles. The Balaban J connectivity index is 1.39. The normalized spacial score (nSPS) is 26.6. The van der Waals surface area contributed by atoms with Crippen molar-refractivity contribution >= 4 is 29.5 Å². The van der Waals surface area contributed by atoms with Crippen LogP contribution in [-0.2, 0) is 9.59 Å². The van der Waals surface area contributed by atoms with E-state index in [1.54, 1.807) is 66.9 Å². The van der Waals surface area contributed by atoms with Crippen LogP contribution in [0.25, 0.3) is 0 Å². The summed E-state index contributed by atoms with van der Waals surface area (Å²) in [5, 5.41) is 5.96. The van der Waals surface area contributed by atoms with Gasteiger partial charge < -0.3 is 14.2 Å². The number of hydrogen-bond acceptors (Lipinski definition) is 8. The molecule has 0 saturated carbocycles. The lowest BCUT2D eigenvalue weighted by molar-refractivity contribution is -0.123. The molecule has 9 nitrogen and oxygen atoms in total. The van der Waals surface area contributed by atoms with Crippen LogP contribution in [0.1, 0.15) is 10.4 Å². The number of benzene rings is 2. The third-order valence-corrected chi connectivity index (χ3v) is 6.55. The zero-order valence-corrected chi connectivity index (χ0v) is 17.6. The van der Waals surface area contributed by atoms with Crippen molar-refractivity contribution in [2.24, 2.45) is 16.9 Å². The van der Waals surface area contributed by atoms with Gasteiger partial charge in [-0.25, -0.2) is 4.90 Å². The molecule has 33 heavy (non-hydrogen) atoms. The molecule has 9 heteroatoms. The number of ether oxygens (including phenoxy) is 3. The number of hydrogen-bond donors (Lipinski definition) is 0. The maximum atomic E-state index is 13.6. The average molecular weight is 445 g/mol. The highest BCUT2D eigenvalue weighted by Crippen LogP contribution is 2.47. The van der Waals surface area contributed by atoms with Gasteiger partial charge in [0, 0.05) is 17.8 Å². The number of methoxy groups -OCH3 is 1. The first-order valence-electron chi connectivity index (χ1n) is 10.5. The van der Waals surface area contributed by atoms with E-state index >= 15 is 0 Å². The molecule has 0 bridgehead atoms. The molecule has 4 aliphatic rings. The first-order valence-corrected chi connectivity index (χ1v) is 10.5. The van der Waals surface area contributed by atoms with Crippen molar-refractivity contribution < 1.29 is 28.6 Å². The summed E-state index contributed by atoms with van der Waals surface area (Å²) in [4.78, 5) is 41.9. The van der Waals surface area contributed by atoms with Crippen molar-refractivity contribution in [1.82, 2.24) is 5.01 Å². The summed E-state index contributed by atoms with van der Waals surface area (Å²) < 4.78 is 15.9. The molecule has 0 N–H and O–H groups in total. The molecule has 4 heterocycles. The maximum absolute atomic E-state index is 13.6. The van der Waals surface area contributed by atoms with Gasteiger partial charge in [-0.3, -0.25) is 19.4 Å². The number of imide groups is 1. The largest absolute Gasteiger partial charge is 0.497 e. The fourth-order valence-corrected chi connectivity index (χ4v) is 5.04. The second-order valence-electron chi connectivity index (χ2n) is 8.16. The second kappa shape index (κ2) is 7.19. The number of allylic oxidation sites excluding steroid dienone is 1. The molecule has 2 fully saturated rings. The molecule has 4 aliphatic heterocycles. The van der Waals surface area contributed by atoms with Crippen LogP contribution >= 0.6 is 0 Å². The summed E-state index contributed by atoms with van der Waals surface area (Å²) in [6.45, 7) is 0.0875. The number of Topliss-reactive ketones (excluding diaryl/α,β-unsaturated/α-hetero) is 1. The number of carbonyl (C=O) groups is 3. The van der Waals surface area contributed by atoms with Gasteiger partial charge in [-0.15, -0.1) is 0 Å². The predicted octanol–water partition coefficient (Wildman–Crippen LogP) is 2.02. The number of anilines is 1. The highest BCUT2D eigenvalue weighted by molar-refractivity contribution is 6.24. The van der Waals surface area contributed by atoms with E-state index in [1.165, 1.54) is 0 Å². The van der Waals surface area contributed by atoms with Crippen LogP contribution < -0.4 is 19.1 Å². The van der Waals surface area contributed by atoms with Gasteiger partial charge in [0.05, 0.1) is 30.7 Å². The van der Waals surface area contributed by atoms with Crippen molar-refractivity contribution in [3.8, 4) is 17.2 Å². The lowest BCUT2D eigenvalue weighted by Gasteiger charge is -2.30. The van der Waals surface area contributed by atoms with Crippen molar-refractivity contribution in [3.63, 3.8) is 0 Å². The number of ketones is 1. The first kappa shape index (κ1) is 19.5. The van der Waals surface area contributed by atoms with Crippen LogP contribution in [-0.4, -0.2) is 54.8 Å². The summed E-state index contributed by atoms with van der Waals surface area (Å²) in [6, 6.07) is 10.3. The standard InChI is InChI=1S/C24H19N3O6/c1-31-15-7-4-13(5-8-15)22(28)21-20-19(16-3-2-10-25-27(16)21)23(29)26(24(20)30)14-6-9-17-18(11-14)33-12-32-17/h2-11,16,19-21H,12H2,1H3/t16-,19-,20-,21+/m0/s1.